The van der Waals surface area contributed by atoms with E-state index < -0.39 is 0 Å². The van der Waals surface area contributed by atoms with Gasteiger partial charge in [0, 0.05) is 12.7 Å². The first-order valence-corrected chi connectivity index (χ1v) is 6.77. The molecule has 1 saturated carbocycles. The van der Waals surface area contributed by atoms with E-state index in [1.807, 2.05) is 6.07 Å². The zero-order valence-corrected chi connectivity index (χ0v) is 11.3. The molecule has 0 aliphatic heterocycles. The lowest BCUT2D eigenvalue weighted by Gasteiger charge is -2.33. The second-order valence-corrected chi connectivity index (χ2v) is 5.60. The van der Waals surface area contributed by atoms with Gasteiger partial charge in [0.2, 0.25) is 0 Å². The number of rotatable bonds is 3. The molecule has 0 bridgehead atoms. The molecule has 100 valence electrons. The first-order chi connectivity index (χ1) is 9.13. The van der Waals surface area contributed by atoms with Gasteiger partial charge in [-0.3, -0.25) is 4.79 Å². The number of carbonyl (C=O) groups excluding carboxylic acids is 1. The maximum absolute atomic E-state index is 12.0. The molecule has 19 heavy (non-hydrogen) atoms. The van der Waals surface area contributed by atoms with Crippen LogP contribution in [0.15, 0.2) is 18.3 Å². The van der Waals surface area contributed by atoms with E-state index in [2.05, 4.69) is 17.2 Å². The quantitative estimate of drug-likeness (QED) is 0.905. The highest BCUT2D eigenvalue weighted by Crippen LogP contribution is 2.34. The summed E-state index contributed by atoms with van der Waals surface area (Å²) >= 11 is 0. The van der Waals surface area contributed by atoms with E-state index in [9.17, 15) is 4.79 Å². The van der Waals surface area contributed by atoms with E-state index in [0.29, 0.717) is 17.8 Å². The van der Waals surface area contributed by atoms with Gasteiger partial charge in [0.1, 0.15) is 11.8 Å². The molecule has 1 fully saturated rings. The van der Waals surface area contributed by atoms with Crippen molar-refractivity contribution >= 4 is 5.91 Å². The van der Waals surface area contributed by atoms with Crippen molar-refractivity contribution in [3.8, 4) is 6.07 Å². The Morgan fingerprint density at radius 2 is 2.16 bits per heavy atom. The molecule has 2 rings (SSSR count). The van der Waals surface area contributed by atoms with E-state index in [-0.39, 0.29) is 11.3 Å². The third-order valence-corrected chi connectivity index (χ3v) is 3.86. The molecule has 1 aliphatic carbocycles. The van der Waals surface area contributed by atoms with Crippen molar-refractivity contribution in [3.63, 3.8) is 0 Å². The number of nitrogens with zero attached hydrogens (tertiary/aromatic N) is 2. The first kappa shape index (κ1) is 13.5. The normalized spacial score (nSPS) is 17.5. The third kappa shape index (κ3) is 3.54. The van der Waals surface area contributed by atoms with Crippen molar-refractivity contribution in [1.82, 2.24) is 10.3 Å². The molecule has 1 N–H and O–H groups in total. The lowest BCUT2D eigenvalue weighted by molar-refractivity contribution is 0.0914. The van der Waals surface area contributed by atoms with Crippen LogP contribution in [0.25, 0.3) is 0 Å². The molecule has 4 nitrogen and oxygen atoms in total. The molecule has 0 atom stereocenters. The summed E-state index contributed by atoms with van der Waals surface area (Å²) < 4.78 is 0. The smallest absolute Gasteiger partial charge is 0.269 e. The Labute approximate surface area is 113 Å². The van der Waals surface area contributed by atoms with Crippen LogP contribution < -0.4 is 5.32 Å². The van der Waals surface area contributed by atoms with Crippen LogP contribution >= 0.6 is 0 Å². The van der Waals surface area contributed by atoms with Crippen LogP contribution in [-0.2, 0) is 0 Å². The van der Waals surface area contributed by atoms with E-state index in [1.165, 1.54) is 38.3 Å². The fourth-order valence-corrected chi connectivity index (χ4v) is 2.56. The van der Waals surface area contributed by atoms with Crippen LogP contribution in [0.4, 0.5) is 0 Å². The molecule has 0 aromatic carbocycles. The van der Waals surface area contributed by atoms with Gasteiger partial charge >= 0.3 is 0 Å². The summed E-state index contributed by atoms with van der Waals surface area (Å²) in [6.07, 6.45) is 7.59. The maximum Gasteiger partial charge on any atom is 0.269 e. The van der Waals surface area contributed by atoms with Gasteiger partial charge in [-0.15, -0.1) is 0 Å². The van der Waals surface area contributed by atoms with Crippen LogP contribution in [0.5, 0.6) is 0 Å². The zero-order valence-electron chi connectivity index (χ0n) is 11.3. The molecule has 0 radical (unpaired) electrons. The van der Waals surface area contributed by atoms with Crippen LogP contribution in [0, 0.1) is 16.7 Å². The molecule has 1 aliphatic rings. The maximum atomic E-state index is 12.0. The van der Waals surface area contributed by atoms with Gasteiger partial charge in [-0.2, -0.15) is 5.26 Å². The SMILES string of the molecule is CC1(CNC(=O)c2ccc(C#N)cn2)CCCCC1. The zero-order chi connectivity index (χ0) is 13.7. The fraction of sp³-hybridized carbons (Fsp3) is 0.533. The second kappa shape index (κ2) is 5.83. The minimum atomic E-state index is -0.156. The van der Waals surface area contributed by atoms with E-state index in [1.54, 1.807) is 12.1 Å². The molecule has 1 aromatic rings. The van der Waals surface area contributed by atoms with Crippen molar-refractivity contribution < 1.29 is 4.79 Å². The van der Waals surface area contributed by atoms with E-state index >= 15 is 0 Å². The molecule has 1 amide bonds. The number of carbonyl (C=O) groups is 1. The number of nitrogens with one attached hydrogen (secondary N) is 1. The number of hydrogen-bond donors (Lipinski definition) is 1. The number of aromatic nitrogens is 1. The minimum absolute atomic E-state index is 0.156. The number of nitriles is 1. The Kier molecular flexibility index (Phi) is 4.16. The Bertz CT molecular complexity index is 481. The molecule has 0 spiro atoms. The van der Waals surface area contributed by atoms with Gasteiger partial charge in [0.25, 0.3) is 5.91 Å². The fourth-order valence-electron chi connectivity index (χ4n) is 2.56. The van der Waals surface area contributed by atoms with Crippen LogP contribution in [0.1, 0.15) is 55.1 Å². The summed E-state index contributed by atoms with van der Waals surface area (Å²) in [5.74, 6) is -0.156. The van der Waals surface area contributed by atoms with Crippen molar-refractivity contribution in [2.24, 2.45) is 5.41 Å². The van der Waals surface area contributed by atoms with Crippen LogP contribution in [0.2, 0.25) is 0 Å². The Morgan fingerprint density at radius 1 is 1.42 bits per heavy atom. The highest BCUT2D eigenvalue weighted by molar-refractivity contribution is 5.92. The van der Waals surface area contributed by atoms with Gasteiger partial charge < -0.3 is 5.32 Å². The van der Waals surface area contributed by atoms with E-state index in [4.69, 9.17) is 5.26 Å². The topological polar surface area (TPSA) is 65.8 Å². The minimum Gasteiger partial charge on any atom is -0.350 e. The predicted molar refractivity (Wildman–Crippen MR) is 72.5 cm³/mol. The average molecular weight is 257 g/mol. The Hall–Kier alpha value is -1.89. The lowest BCUT2D eigenvalue weighted by atomic mass is 9.76. The summed E-state index contributed by atoms with van der Waals surface area (Å²) in [6.45, 7) is 2.94. The van der Waals surface area contributed by atoms with Crippen LogP contribution in [-0.4, -0.2) is 17.4 Å². The molecule has 0 saturated heterocycles. The molecule has 1 heterocycles. The molecule has 0 unspecified atom stereocenters. The van der Waals surface area contributed by atoms with Crippen molar-refractivity contribution in [1.29, 1.82) is 5.26 Å². The summed E-state index contributed by atoms with van der Waals surface area (Å²) in [6, 6.07) is 5.20. The van der Waals surface area contributed by atoms with Gasteiger partial charge in [-0.05, 0) is 30.4 Å². The van der Waals surface area contributed by atoms with Gasteiger partial charge in [-0.25, -0.2) is 4.98 Å². The monoisotopic (exact) mass is 257 g/mol. The Balaban J connectivity index is 1.91. The second-order valence-electron chi connectivity index (χ2n) is 5.60. The van der Waals surface area contributed by atoms with Gasteiger partial charge in [0.15, 0.2) is 0 Å². The Morgan fingerprint density at radius 3 is 2.74 bits per heavy atom. The lowest BCUT2D eigenvalue weighted by Crippen LogP contribution is -2.37. The number of amides is 1. The third-order valence-electron chi connectivity index (χ3n) is 3.86. The summed E-state index contributed by atoms with van der Waals surface area (Å²) in [7, 11) is 0. The molecular formula is C15H19N3O. The number of pyridine rings is 1. The highest BCUT2D eigenvalue weighted by Gasteiger charge is 2.27. The first-order valence-electron chi connectivity index (χ1n) is 6.77. The van der Waals surface area contributed by atoms with Crippen molar-refractivity contribution in [2.75, 3.05) is 6.54 Å². The van der Waals surface area contributed by atoms with E-state index in [0.717, 1.165) is 0 Å². The summed E-state index contributed by atoms with van der Waals surface area (Å²) in [4.78, 5) is 16.0. The molecule has 1 aromatic heterocycles. The highest BCUT2D eigenvalue weighted by atomic mass is 16.1. The summed E-state index contributed by atoms with van der Waals surface area (Å²) in [5, 5.41) is 11.6. The number of hydrogen-bond acceptors (Lipinski definition) is 3. The van der Waals surface area contributed by atoms with Gasteiger partial charge in [0.05, 0.1) is 5.56 Å². The predicted octanol–water partition coefficient (Wildman–Crippen LogP) is 2.65. The van der Waals surface area contributed by atoms with Crippen LogP contribution in [0.3, 0.4) is 0 Å². The van der Waals surface area contributed by atoms with Crippen molar-refractivity contribution in [2.45, 2.75) is 39.0 Å². The average Bonchev–Trinajstić information content (AvgIpc) is 2.46. The van der Waals surface area contributed by atoms with Crippen molar-refractivity contribution in [3.05, 3.63) is 29.6 Å². The molecule has 4 heteroatoms. The van der Waals surface area contributed by atoms with Gasteiger partial charge in [-0.1, -0.05) is 26.2 Å². The standard InChI is InChI=1S/C15H19N3O/c1-15(7-3-2-4-8-15)11-18-14(19)13-6-5-12(9-16)10-17-13/h5-6,10H,2-4,7-8,11H2,1H3,(H,18,19). The molecular weight excluding hydrogens is 238 g/mol. The largest absolute Gasteiger partial charge is 0.350 e. The summed E-state index contributed by atoms with van der Waals surface area (Å²) in [5.41, 5.74) is 1.06.